The molecule has 0 fully saturated rings. The van der Waals surface area contributed by atoms with Gasteiger partial charge < -0.3 is 4.90 Å². The van der Waals surface area contributed by atoms with E-state index in [0.29, 0.717) is 11.6 Å². The number of nitrogens with zero attached hydrogens (tertiary/aromatic N) is 4. The topological polar surface area (TPSA) is 69.9 Å². The Morgan fingerprint density at radius 1 is 1.62 bits per heavy atom. The number of anilines is 1. The van der Waals surface area contributed by atoms with Crippen LogP contribution < -0.4 is 4.90 Å². The van der Waals surface area contributed by atoms with Crippen LogP contribution in [0.25, 0.3) is 0 Å². The highest BCUT2D eigenvalue weighted by molar-refractivity contribution is 7.84. The quantitative estimate of drug-likeness (QED) is 0.766. The van der Waals surface area contributed by atoms with E-state index in [-0.39, 0.29) is 11.7 Å². The van der Waals surface area contributed by atoms with Crippen molar-refractivity contribution in [3.05, 3.63) is 18.1 Å². The third kappa shape index (κ3) is 3.28. The molecule has 2 unspecified atom stereocenters. The van der Waals surface area contributed by atoms with E-state index in [1.165, 1.54) is 6.20 Å². The Bertz CT molecular complexity index is 429. The first-order valence-electron chi connectivity index (χ1n) is 4.79. The maximum atomic E-state index is 11.1. The first kappa shape index (κ1) is 12.6. The summed E-state index contributed by atoms with van der Waals surface area (Å²) in [6.45, 7) is 1.96. The number of hydrogen-bond acceptors (Lipinski definition) is 5. The molecule has 0 spiro atoms. The predicted octanol–water partition coefficient (Wildman–Crippen LogP) is 0.551. The third-order valence-electron chi connectivity index (χ3n) is 2.23. The maximum absolute atomic E-state index is 11.1. The fourth-order valence-corrected chi connectivity index (χ4v) is 2.16. The minimum absolute atomic E-state index is 0.0917. The fraction of sp³-hybridized carbons (Fsp3) is 0.500. The second-order valence-electron chi connectivity index (χ2n) is 3.57. The highest BCUT2D eigenvalue weighted by atomic mass is 32.2. The van der Waals surface area contributed by atoms with Crippen molar-refractivity contribution in [2.75, 3.05) is 24.0 Å². The molecule has 0 aliphatic heterocycles. The highest BCUT2D eigenvalue weighted by Crippen LogP contribution is 2.11. The number of hydrogen-bond donors (Lipinski definition) is 0. The Morgan fingerprint density at radius 3 is 2.88 bits per heavy atom. The van der Waals surface area contributed by atoms with E-state index in [1.54, 1.807) is 12.5 Å². The van der Waals surface area contributed by atoms with E-state index in [9.17, 15) is 4.21 Å². The van der Waals surface area contributed by atoms with Gasteiger partial charge in [0, 0.05) is 35.9 Å². The average molecular weight is 238 g/mol. The van der Waals surface area contributed by atoms with Crippen LogP contribution in [-0.4, -0.2) is 39.3 Å². The summed E-state index contributed by atoms with van der Waals surface area (Å²) in [4.78, 5) is 9.93. The molecule has 1 rings (SSSR count). The van der Waals surface area contributed by atoms with Crippen molar-refractivity contribution in [1.82, 2.24) is 9.97 Å². The minimum Gasteiger partial charge on any atom is -0.355 e. The van der Waals surface area contributed by atoms with Crippen LogP contribution in [0.4, 0.5) is 5.82 Å². The predicted molar refractivity (Wildman–Crippen MR) is 63.5 cm³/mol. The first-order valence-corrected chi connectivity index (χ1v) is 6.52. The smallest absolute Gasteiger partial charge is 0.161 e. The van der Waals surface area contributed by atoms with Crippen molar-refractivity contribution in [2.24, 2.45) is 0 Å². The molecule has 0 amide bonds. The van der Waals surface area contributed by atoms with Gasteiger partial charge in [0.2, 0.25) is 0 Å². The average Bonchev–Trinajstić information content (AvgIpc) is 2.27. The Labute approximate surface area is 97.6 Å². The molecule has 0 radical (unpaired) electrons. The van der Waals surface area contributed by atoms with Gasteiger partial charge in [-0.3, -0.25) is 9.19 Å². The van der Waals surface area contributed by atoms with Gasteiger partial charge in [0.05, 0.1) is 12.4 Å². The first-order chi connectivity index (χ1) is 7.54. The minimum atomic E-state index is -0.852. The Balaban J connectivity index is 2.83. The largest absolute Gasteiger partial charge is 0.355 e. The van der Waals surface area contributed by atoms with Crippen LogP contribution in [0.1, 0.15) is 12.6 Å². The molecular formula is C10H14N4OS. The zero-order valence-electron chi connectivity index (χ0n) is 9.54. The lowest BCUT2D eigenvalue weighted by Crippen LogP contribution is -2.34. The second-order valence-corrected chi connectivity index (χ2v) is 5.05. The van der Waals surface area contributed by atoms with Crippen molar-refractivity contribution < 1.29 is 4.21 Å². The van der Waals surface area contributed by atoms with Crippen molar-refractivity contribution in [3.63, 3.8) is 0 Å². The van der Waals surface area contributed by atoms with Crippen molar-refractivity contribution in [3.8, 4) is 6.07 Å². The highest BCUT2D eigenvalue weighted by Gasteiger charge is 2.13. The van der Waals surface area contributed by atoms with Crippen molar-refractivity contribution in [2.45, 2.75) is 13.0 Å². The molecule has 86 valence electrons. The van der Waals surface area contributed by atoms with Gasteiger partial charge in [-0.2, -0.15) is 5.26 Å². The molecule has 0 bridgehead atoms. The molecule has 0 saturated heterocycles. The lowest BCUT2D eigenvalue weighted by molar-refractivity contribution is 0.673. The van der Waals surface area contributed by atoms with Crippen molar-refractivity contribution >= 4 is 16.6 Å². The number of rotatable bonds is 4. The van der Waals surface area contributed by atoms with Gasteiger partial charge in [0.1, 0.15) is 11.9 Å². The Morgan fingerprint density at radius 2 is 2.31 bits per heavy atom. The van der Waals surface area contributed by atoms with Crippen molar-refractivity contribution in [1.29, 1.82) is 5.26 Å². The molecule has 1 aromatic rings. The summed E-state index contributed by atoms with van der Waals surface area (Å²) in [5, 5.41) is 8.71. The summed E-state index contributed by atoms with van der Waals surface area (Å²) >= 11 is 0. The molecule has 1 heterocycles. The molecular weight excluding hydrogens is 224 g/mol. The summed E-state index contributed by atoms with van der Waals surface area (Å²) < 4.78 is 11.1. The van der Waals surface area contributed by atoms with Gasteiger partial charge >= 0.3 is 0 Å². The molecule has 5 nitrogen and oxygen atoms in total. The van der Waals surface area contributed by atoms with Crippen LogP contribution in [-0.2, 0) is 10.8 Å². The van der Waals surface area contributed by atoms with Gasteiger partial charge in [0.25, 0.3) is 0 Å². The van der Waals surface area contributed by atoms with Gasteiger partial charge in [-0.25, -0.2) is 4.98 Å². The van der Waals surface area contributed by atoms with E-state index in [0.717, 1.165) is 0 Å². The zero-order chi connectivity index (χ0) is 12.1. The van der Waals surface area contributed by atoms with E-state index in [2.05, 4.69) is 9.97 Å². The Kier molecular flexibility index (Phi) is 4.38. The molecule has 2 atom stereocenters. The van der Waals surface area contributed by atoms with E-state index in [4.69, 9.17) is 5.26 Å². The molecule has 0 aliphatic carbocycles. The summed E-state index contributed by atoms with van der Waals surface area (Å²) in [7, 11) is 0.998. The van der Waals surface area contributed by atoms with Gasteiger partial charge in [-0.05, 0) is 6.92 Å². The maximum Gasteiger partial charge on any atom is 0.161 e. The molecule has 1 aromatic heterocycles. The summed E-state index contributed by atoms with van der Waals surface area (Å²) in [6.07, 6.45) is 4.68. The normalized spacial score (nSPS) is 13.9. The molecule has 16 heavy (non-hydrogen) atoms. The molecule has 0 aromatic carbocycles. The van der Waals surface area contributed by atoms with E-state index < -0.39 is 10.8 Å². The number of nitriles is 1. The van der Waals surface area contributed by atoms with Crippen LogP contribution in [0.3, 0.4) is 0 Å². The van der Waals surface area contributed by atoms with Crippen LogP contribution in [0.2, 0.25) is 0 Å². The molecule has 0 saturated carbocycles. The second kappa shape index (κ2) is 5.56. The Hall–Kier alpha value is -1.48. The summed E-state index contributed by atoms with van der Waals surface area (Å²) in [5.41, 5.74) is 0.286. The van der Waals surface area contributed by atoms with E-state index in [1.807, 2.05) is 24.9 Å². The summed E-state index contributed by atoms with van der Waals surface area (Å²) in [5.74, 6) is 1.19. The summed E-state index contributed by atoms with van der Waals surface area (Å²) in [6, 6.07) is 2.03. The van der Waals surface area contributed by atoms with Crippen LogP contribution >= 0.6 is 0 Å². The lowest BCUT2D eigenvalue weighted by atomic mass is 10.3. The zero-order valence-corrected chi connectivity index (χ0v) is 10.4. The van der Waals surface area contributed by atoms with Gasteiger partial charge in [-0.15, -0.1) is 0 Å². The van der Waals surface area contributed by atoms with Gasteiger partial charge in [-0.1, -0.05) is 0 Å². The molecule has 6 heteroatoms. The SMILES string of the molecule is CC(CS(C)=O)N(C)c1cncc(C#N)n1. The fourth-order valence-electron chi connectivity index (χ4n) is 1.26. The lowest BCUT2D eigenvalue weighted by Gasteiger charge is -2.24. The van der Waals surface area contributed by atoms with Gasteiger partial charge in [0.15, 0.2) is 5.69 Å². The van der Waals surface area contributed by atoms with Crippen LogP contribution in [0.5, 0.6) is 0 Å². The number of aromatic nitrogens is 2. The van der Waals surface area contributed by atoms with Crippen LogP contribution in [0.15, 0.2) is 12.4 Å². The third-order valence-corrected chi connectivity index (χ3v) is 3.19. The monoisotopic (exact) mass is 238 g/mol. The van der Waals surface area contributed by atoms with E-state index >= 15 is 0 Å². The molecule has 0 aliphatic rings. The molecule has 0 N–H and O–H groups in total. The standard InChI is InChI=1S/C10H14N4OS/c1-8(7-16(3)15)14(2)10-6-12-5-9(4-11)13-10/h5-6,8H,7H2,1-3H3. The van der Waals surface area contributed by atoms with Crippen LogP contribution in [0, 0.1) is 11.3 Å².